The molecule has 0 fully saturated rings. The minimum absolute atomic E-state index is 0.556. The fraction of sp³-hybridized carbons (Fsp3) is 0.111. The van der Waals surface area contributed by atoms with Crippen LogP contribution in [0.25, 0.3) is 0 Å². The lowest BCUT2D eigenvalue weighted by molar-refractivity contribution is 1.22. The molecule has 12 heavy (non-hydrogen) atoms. The number of hydrogen-bond acceptors (Lipinski definition) is 3. The van der Waals surface area contributed by atoms with Crippen molar-refractivity contribution in [2.45, 2.75) is 6.42 Å². The molecule has 2 heterocycles. The third-order valence-electron chi connectivity index (χ3n) is 1.74. The van der Waals surface area contributed by atoms with Gasteiger partial charge in [0.25, 0.3) is 0 Å². The molecule has 0 atom stereocenters. The largest absolute Gasteiger partial charge is 0.384 e. The van der Waals surface area contributed by atoms with Gasteiger partial charge in [0.05, 0.1) is 0 Å². The minimum atomic E-state index is 0.556. The summed E-state index contributed by atoms with van der Waals surface area (Å²) in [4.78, 5) is 8.09. The van der Waals surface area contributed by atoms with Gasteiger partial charge in [-0.05, 0) is 23.3 Å². The molecule has 3 heteroatoms. The van der Waals surface area contributed by atoms with E-state index in [4.69, 9.17) is 5.73 Å². The number of nitrogens with two attached hydrogens (primary N) is 1. The van der Waals surface area contributed by atoms with E-state index >= 15 is 0 Å². The molecule has 0 saturated heterocycles. The molecular formula is C9H9N3. The number of hydrogen-bond donors (Lipinski definition) is 1. The second-order valence-corrected chi connectivity index (χ2v) is 2.75. The Morgan fingerprint density at radius 2 is 2.25 bits per heavy atom. The predicted molar refractivity (Wildman–Crippen MR) is 50.0 cm³/mol. The van der Waals surface area contributed by atoms with Crippen LogP contribution in [0.2, 0.25) is 0 Å². The zero-order valence-corrected chi connectivity index (χ0v) is 6.57. The summed E-state index contributed by atoms with van der Waals surface area (Å²) in [5, 5.41) is 0. The van der Waals surface area contributed by atoms with Gasteiger partial charge in [-0.2, -0.15) is 0 Å². The van der Waals surface area contributed by atoms with Crippen molar-refractivity contribution in [1.29, 1.82) is 0 Å². The number of allylic oxidation sites excluding steroid dienone is 4. The van der Waals surface area contributed by atoms with Crippen LogP contribution in [0.4, 0.5) is 0 Å². The lowest BCUT2D eigenvalue weighted by Gasteiger charge is -1.95. The number of aliphatic imine (C=N–C) groups is 2. The van der Waals surface area contributed by atoms with Gasteiger partial charge in [0.1, 0.15) is 5.82 Å². The fourth-order valence-electron chi connectivity index (χ4n) is 1.18. The van der Waals surface area contributed by atoms with Crippen molar-refractivity contribution in [3.8, 4) is 0 Å². The summed E-state index contributed by atoms with van der Waals surface area (Å²) in [6, 6.07) is 0. The van der Waals surface area contributed by atoms with E-state index in [0.717, 1.165) is 17.6 Å². The van der Waals surface area contributed by atoms with Gasteiger partial charge in [-0.1, -0.05) is 0 Å². The molecule has 0 radical (unpaired) electrons. The van der Waals surface area contributed by atoms with Crippen LogP contribution in [0.1, 0.15) is 6.42 Å². The molecule has 0 aliphatic carbocycles. The third kappa shape index (κ3) is 1.34. The Morgan fingerprint density at radius 3 is 3.17 bits per heavy atom. The number of fused-ring (bicyclic) bond motifs is 2. The maximum Gasteiger partial charge on any atom is 0.123 e. The van der Waals surface area contributed by atoms with E-state index in [0.29, 0.717) is 5.82 Å². The van der Waals surface area contributed by atoms with Crippen molar-refractivity contribution in [2.75, 3.05) is 0 Å². The van der Waals surface area contributed by atoms with Crippen LogP contribution in [-0.2, 0) is 0 Å². The van der Waals surface area contributed by atoms with E-state index in [-0.39, 0.29) is 0 Å². The summed E-state index contributed by atoms with van der Waals surface area (Å²) >= 11 is 0. The van der Waals surface area contributed by atoms with E-state index in [1.54, 1.807) is 18.6 Å². The molecule has 2 bridgehead atoms. The highest BCUT2D eigenvalue weighted by molar-refractivity contribution is 5.84. The standard InChI is InChI=1S/C9H9N3/c10-9-4-7-1-2-11-5-8(3-7)6-12-9/h1-2,4-6H,3H2,(H2,10,12). The maximum absolute atomic E-state index is 5.59. The lowest BCUT2D eigenvalue weighted by Crippen LogP contribution is -1.92. The molecular weight excluding hydrogens is 150 g/mol. The maximum atomic E-state index is 5.59. The van der Waals surface area contributed by atoms with Crippen LogP contribution in [0, 0.1) is 0 Å². The third-order valence-corrected chi connectivity index (χ3v) is 1.74. The van der Waals surface area contributed by atoms with Gasteiger partial charge in [-0.15, -0.1) is 0 Å². The van der Waals surface area contributed by atoms with Crippen molar-refractivity contribution >= 4 is 12.4 Å². The van der Waals surface area contributed by atoms with Gasteiger partial charge in [0, 0.05) is 25.0 Å². The first-order chi connectivity index (χ1) is 5.84. The van der Waals surface area contributed by atoms with Crippen LogP contribution in [-0.4, -0.2) is 12.4 Å². The van der Waals surface area contributed by atoms with Crippen molar-refractivity contribution < 1.29 is 0 Å². The molecule has 0 amide bonds. The Morgan fingerprint density at radius 1 is 1.33 bits per heavy atom. The van der Waals surface area contributed by atoms with Gasteiger partial charge < -0.3 is 5.73 Å². The second-order valence-electron chi connectivity index (χ2n) is 2.75. The van der Waals surface area contributed by atoms with Gasteiger partial charge >= 0.3 is 0 Å². The van der Waals surface area contributed by atoms with Crippen molar-refractivity contribution in [2.24, 2.45) is 15.7 Å². The highest BCUT2D eigenvalue weighted by atomic mass is 14.9. The van der Waals surface area contributed by atoms with Gasteiger partial charge in [0.15, 0.2) is 0 Å². The first-order valence-electron chi connectivity index (χ1n) is 3.77. The molecule has 0 aromatic heterocycles. The van der Waals surface area contributed by atoms with Gasteiger partial charge in [-0.25, -0.2) is 4.99 Å². The highest BCUT2D eigenvalue weighted by Gasteiger charge is 2.04. The fourth-order valence-corrected chi connectivity index (χ4v) is 1.18. The van der Waals surface area contributed by atoms with Crippen LogP contribution >= 0.6 is 0 Å². The van der Waals surface area contributed by atoms with E-state index in [9.17, 15) is 0 Å². The smallest absolute Gasteiger partial charge is 0.123 e. The number of rotatable bonds is 0. The van der Waals surface area contributed by atoms with E-state index in [2.05, 4.69) is 9.98 Å². The van der Waals surface area contributed by atoms with Crippen LogP contribution in [0.5, 0.6) is 0 Å². The predicted octanol–water partition coefficient (Wildman–Crippen LogP) is 1.16. The molecule has 2 aliphatic rings. The summed E-state index contributed by atoms with van der Waals surface area (Å²) in [6.07, 6.45) is 10.0. The zero-order valence-electron chi connectivity index (χ0n) is 6.57. The summed E-state index contributed by atoms with van der Waals surface area (Å²) in [5.41, 5.74) is 7.83. The van der Waals surface area contributed by atoms with Crippen LogP contribution in [0.3, 0.4) is 0 Å². The Bertz CT molecular complexity index is 343. The highest BCUT2D eigenvalue weighted by Crippen LogP contribution is 2.17. The van der Waals surface area contributed by atoms with Crippen LogP contribution < -0.4 is 5.73 Å². The molecule has 0 aromatic rings. The average molecular weight is 159 g/mol. The molecule has 2 N–H and O–H groups in total. The molecule has 0 spiro atoms. The molecule has 2 rings (SSSR count). The summed E-state index contributed by atoms with van der Waals surface area (Å²) in [7, 11) is 0. The first-order valence-corrected chi connectivity index (χ1v) is 3.77. The molecule has 0 unspecified atom stereocenters. The Labute approximate surface area is 70.7 Å². The van der Waals surface area contributed by atoms with Gasteiger partial charge in [0.2, 0.25) is 0 Å². The zero-order chi connectivity index (χ0) is 8.39. The molecule has 3 nitrogen and oxygen atoms in total. The van der Waals surface area contributed by atoms with E-state index in [1.165, 1.54) is 0 Å². The minimum Gasteiger partial charge on any atom is -0.384 e. The van der Waals surface area contributed by atoms with E-state index in [1.807, 2.05) is 12.2 Å². The second kappa shape index (κ2) is 2.77. The van der Waals surface area contributed by atoms with Crippen molar-refractivity contribution in [3.05, 3.63) is 35.3 Å². The average Bonchev–Trinajstić information content (AvgIpc) is 2.35. The molecule has 0 aromatic carbocycles. The lowest BCUT2D eigenvalue weighted by atomic mass is 10.1. The molecule has 0 saturated carbocycles. The molecule has 2 aliphatic heterocycles. The molecule has 60 valence electrons. The summed E-state index contributed by atoms with van der Waals surface area (Å²) in [6.45, 7) is 0. The van der Waals surface area contributed by atoms with Crippen molar-refractivity contribution in [3.63, 3.8) is 0 Å². The Hall–Kier alpha value is -1.64. The Balaban J connectivity index is 2.48. The van der Waals surface area contributed by atoms with Crippen molar-refractivity contribution in [1.82, 2.24) is 0 Å². The van der Waals surface area contributed by atoms with Crippen LogP contribution in [0.15, 0.2) is 45.3 Å². The van der Waals surface area contributed by atoms with Gasteiger partial charge in [-0.3, -0.25) is 4.99 Å². The monoisotopic (exact) mass is 159 g/mol. The summed E-state index contributed by atoms with van der Waals surface area (Å²) < 4.78 is 0. The first kappa shape index (κ1) is 7.03. The SMILES string of the molecule is NC1=CC2=CC=NC=C(C=N1)C2. The Kier molecular flexibility index (Phi) is 1.63. The number of nitrogens with zero attached hydrogens (tertiary/aromatic N) is 2. The van der Waals surface area contributed by atoms with E-state index < -0.39 is 0 Å². The quantitative estimate of drug-likeness (QED) is 0.566. The topological polar surface area (TPSA) is 50.7 Å². The summed E-state index contributed by atoms with van der Waals surface area (Å²) in [5.74, 6) is 0.556. The normalized spacial score (nSPS) is 20.5.